The number of ether oxygens (including phenoxy) is 4. The minimum absolute atomic E-state index is 0.0232. The van der Waals surface area contributed by atoms with Gasteiger partial charge in [0.15, 0.2) is 11.5 Å². The number of alkyl carbamates (subject to hydrolysis) is 1. The fraction of sp³-hybridized carbons (Fsp3) is 0.286. The number of anilines is 2. The van der Waals surface area contributed by atoms with Gasteiger partial charge >= 0.3 is 6.09 Å². The number of aromatic nitrogens is 1. The van der Waals surface area contributed by atoms with E-state index in [0.717, 1.165) is 50.1 Å². The summed E-state index contributed by atoms with van der Waals surface area (Å²) in [6, 6.07) is 15.6. The van der Waals surface area contributed by atoms with Crippen molar-refractivity contribution in [3.8, 4) is 17.2 Å². The van der Waals surface area contributed by atoms with Crippen LogP contribution in [0.2, 0.25) is 0 Å². The summed E-state index contributed by atoms with van der Waals surface area (Å²) in [6.07, 6.45) is -0.435. The lowest BCUT2D eigenvalue weighted by molar-refractivity contribution is 0.137. The SMILES string of the molecule is COc1cc2c(Nc3ccc(COC(=O)NC(C)C)cc3)c3cc(OC)c(OC)cc3nc2cc1C. The molecule has 8 heteroatoms. The second-order valence-corrected chi connectivity index (χ2v) is 8.75. The van der Waals surface area contributed by atoms with Crippen LogP contribution in [0.3, 0.4) is 0 Å². The van der Waals surface area contributed by atoms with Gasteiger partial charge in [0, 0.05) is 28.6 Å². The van der Waals surface area contributed by atoms with Crippen LogP contribution in [0.5, 0.6) is 17.2 Å². The van der Waals surface area contributed by atoms with Gasteiger partial charge in [0.2, 0.25) is 0 Å². The number of methoxy groups -OCH3 is 3. The van der Waals surface area contributed by atoms with Crippen molar-refractivity contribution in [1.82, 2.24) is 10.3 Å². The maximum Gasteiger partial charge on any atom is 0.407 e. The number of amides is 1. The topological polar surface area (TPSA) is 90.9 Å². The summed E-state index contributed by atoms with van der Waals surface area (Å²) in [5.74, 6) is 2.00. The number of nitrogens with zero attached hydrogens (tertiary/aromatic N) is 1. The Morgan fingerprint density at radius 3 is 2.06 bits per heavy atom. The molecule has 1 heterocycles. The molecule has 0 aliphatic rings. The van der Waals surface area contributed by atoms with E-state index in [2.05, 4.69) is 10.6 Å². The molecule has 0 saturated heterocycles. The minimum atomic E-state index is -0.435. The van der Waals surface area contributed by atoms with Gasteiger partial charge in [-0.3, -0.25) is 0 Å². The van der Waals surface area contributed by atoms with Gasteiger partial charge in [0.25, 0.3) is 0 Å². The normalized spacial score (nSPS) is 11.0. The average Bonchev–Trinajstić information content (AvgIpc) is 2.86. The van der Waals surface area contributed by atoms with E-state index < -0.39 is 6.09 Å². The Kier molecular flexibility index (Phi) is 7.33. The monoisotopic (exact) mass is 489 g/mol. The lowest BCUT2D eigenvalue weighted by atomic mass is 10.0. The average molecular weight is 490 g/mol. The van der Waals surface area contributed by atoms with Crippen molar-refractivity contribution in [3.63, 3.8) is 0 Å². The van der Waals surface area contributed by atoms with E-state index in [1.165, 1.54) is 0 Å². The van der Waals surface area contributed by atoms with Crippen LogP contribution < -0.4 is 24.8 Å². The lowest BCUT2D eigenvalue weighted by Gasteiger charge is -2.17. The molecule has 0 saturated carbocycles. The third-order valence-corrected chi connectivity index (χ3v) is 5.79. The molecular formula is C28H31N3O5. The fourth-order valence-electron chi connectivity index (χ4n) is 4.01. The standard InChI is InChI=1S/C28H31N3O5/c1-16(2)29-28(32)36-15-18-7-9-19(10-8-18)30-27-20-12-24(33-4)17(3)11-22(20)31-23-14-26(35-6)25(34-5)13-21(23)27/h7-14,16H,15H2,1-6H3,(H,29,32)(H,30,31). The highest BCUT2D eigenvalue weighted by molar-refractivity contribution is 6.10. The molecule has 0 spiro atoms. The first kappa shape index (κ1) is 24.9. The number of nitrogens with one attached hydrogen (secondary N) is 2. The number of carbonyl (C=O) groups is 1. The van der Waals surface area contributed by atoms with E-state index in [9.17, 15) is 4.79 Å². The van der Waals surface area contributed by atoms with E-state index in [0.29, 0.717) is 11.5 Å². The second-order valence-electron chi connectivity index (χ2n) is 8.75. The Hall–Kier alpha value is -4.20. The molecule has 0 aliphatic carbocycles. The summed E-state index contributed by atoms with van der Waals surface area (Å²) in [7, 11) is 4.88. The van der Waals surface area contributed by atoms with Crippen LogP contribution in [0.1, 0.15) is 25.0 Å². The molecule has 0 bridgehead atoms. The van der Waals surface area contributed by atoms with Crippen LogP contribution in [-0.2, 0) is 11.3 Å². The number of fused-ring (bicyclic) bond motifs is 2. The molecule has 0 atom stereocenters. The molecule has 2 N–H and O–H groups in total. The minimum Gasteiger partial charge on any atom is -0.496 e. The highest BCUT2D eigenvalue weighted by atomic mass is 16.5. The zero-order chi connectivity index (χ0) is 25.8. The van der Waals surface area contributed by atoms with Gasteiger partial charge in [0.05, 0.1) is 38.1 Å². The summed E-state index contributed by atoms with van der Waals surface area (Å²) in [6.45, 7) is 5.95. The summed E-state index contributed by atoms with van der Waals surface area (Å²) in [5, 5.41) is 8.06. The van der Waals surface area contributed by atoms with Crippen molar-refractivity contribution in [2.24, 2.45) is 0 Å². The van der Waals surface area contributed by atoms with Crippen molar-refractivity contribution < 1.29 is 23.7 Å². The molecule has 0 aliphatic heterocycles. The number of pyridine rings is 1. The molecule has 4 rings (SSSR count). The number of rotatable bonds is 8. The predicted molar refractivity (Wildman–Crippen MR) is 142 cm³/mol. The van der Waals surface area contributed by atoms with E-state index in [1.807, 2.05) is 69.3 Å². The zero-order valence-electron chi connectivity index (χ0n) is 21.4. The molecule has 4 aromatic rings. The van der Waals surface area contributed by atoms with Gasteiger partial charge < -0.3 is 29.6 Å². The van der Waals surface area contributed by atoms with Crippen LogP contribution in [0.15, 0.2) is 48.5 Å². The number of carbonyl (C=O) groups excluding carboxylic acids is 1. The van der Waals surface area contributed by atoms with Gasteiger partial charge in [-0.05, 0) is 62.2 Å². The number of benzene rings is 3. The van der Waals surface area contributed by atoms with Crippen LogP contribution in [0.4, 0.5) is 16.2 Å². The zero-order valence-corrected chi connectivity index (χ0v) is 21.4. The number of hydrogen-bond acceptors (Lipinski definition) is 7. The maximum atomic E-state index is 11.8. The molecule has 188 valence electrons. The summed E-state index contributed by atoms with van der Waals surface area (Å²) in [5.41, 5.74) is 5.22. The Bertz CT molecular complexity index is 1400. The molecular weight excluding hydrogens is 458 g/mol. The molecule has 1 amide bonds. The number of aryl methyl sites for hydroxylation is 1. The quantitative estimate of drug-likeness (QED) is 0.289. The first-order valence-electron chi connectivity index (χ1n) is 11.7. The lowest BCUT2D eigenvalue weighted by Crippen LogP contribution is -2.30. The van der Waals surface area contributed by atoms with E-state index in [4.69, 9.17) is 23.9 Å². The Morgan fingerprint density at radius 2 is 1.44 bits per heavy atom. The Labute approximate surface area is 210 Å². The molecule has 0 radical (unpaired) electrons. The van der Waals surface area contributed by atoms with Crippen molar-refractivity contribution in [1.29, 1.82) is 0 Å². The Morgan fingerprint density at radius 1 is 0.861 bits per heavy atom. The van der Waals surface area contributed by atoms with Crippen LogP contribution in [0, 0.1) is 6.92 Å². The van der Waals surface area contributed by atoms with Crippen molar-refractivity contribution in [3.05, 3.63) is 59.7 Å². The van der Waals surface area contributed by atoms with Crippen molar-refractivity contribution in [2.45, 2.75) is 33.4 Å². The predicted octanol–water partition coefficient (Wildman–Crippen LogP) is 6.10. The second kappa shape index (κ2) is 10.6. The fourth-order valence-corrected chi connectivity index (χ4v) is 4.01. The van der Waals surface area contributed by atoms with Gasteiger partial charge in [0.1, 0.15) is 12.4 Å². The van der Waals surface area contributed by atoms with Crippen LogP contribution >= 0.6 is 0 Å². The van der Waals surface area contributed by atoms with E-state index in [1.54, 1.807) is 21.3 Å². The van der Waals surface area contributed by atoms with E-state index >= 15 is 0 Å². The van der Waals surface area contributed by atoms with E-state index in [-0.39, 0.29) is 12.6 Å². The molecule has 0 unspecified atom stereocenters. The maximum absolute atomic E-state index is 11.8. The van der Waals surface area contributed by atoms with Crippen molar-refractivity contribution in [2.75, 3.05) is 26.6 Å². The molecule has 8 nitrogen and oxygen atoms in total. The highest BCUT2D eigenvalue weighted by Gasteiger charge is 2.16. The Balaban J connectivity index is 1.74. The van der Waals surface area contributed by atoms with Gasteiger partial charge in [-0.1, -0.05) is 12.1 Å². The summed E-state index contributed by atoms with van der Waals surface area (Å²) >= 11 is 0. The first-order valence-corrected chi connectivity index (χ1v) is 11.7. The summed E-state index contributed by atoms with van der Waals surface area (Å²) < 4.78 is 21.9. The molecule has 36 heavy (non-hydrogen) atoms. The highest BCUT2D eigenvalue weighted by Crippen LogP contribution is 2.40. The van der Waals surface area contributed by atoms with Gasteiger partial charge in [-0.25, -0.2) is 9.78 Å². The van der Waals surface area contributed by atoms with Gasteiger partial charge in [-0.15, -0.1) is 0 Å². The third kappa shape index (κ3) is 5.22. The van der Waals surface area contributed by atoms with Crippen molar-refractivity contribution >= 4 is 39.3 Å². The molecule has 1 aromatic heterocycles. The number of hydrogen-bond donors (Lipinski definition) is 2. The first-order chi connectivity index (χ1) is 17.3. The third-order valence-electron chi connectivity index (χ3n) is 5.79. The van der Waals surface area contributed by atoms with Crippen LogP contribution in [0.25, 0.3) is 21.8 Å². The van der Waals surface area contributed by atoms with Crippen LogP contribution in [-0.4, -0.2) is 38.4 Å². The van der Waals surface area contributed by atoms with Gasteiger partial charge in [-0.2, -0.15) is 0 Å². The summed E-state index contributed by atoms with van der Waals surface area (Å²) in [4.78, 5) is 16.7. The smallest absolute Gasteiger partial charge is 0.407 e. The largest absolute Gasteiger partial charge is 0.496 e. The molecule has 3 aromatic carbocycles. The molecule has 0 fully saturated rings.